The van der Waals surface area contributed by atoms with E-state index in [0.717, 1.165) is 4.31 Å². The van der Waals surface area contributed by atoms with E-state index in [1.165, 1.54) is 6.07 Å². The third kappa shape index (κ3) is 2.11. The summed E-state index contributed by atoms with van der Waals surface area (Å²) in [6, 6.07) is 4.66. The van der Waals surface area contributed by atoms with Crippen LogP contribution in [-0.2, 0) is 14.8 Å². The van der Waals surface area contributed by atoms with Gasteiger partial charge in [-0.3, -0.25) is 4.79 Å². The zero-order valence-electron chi connectivity index (χ0n) is 9.63. The molecule has 0 atom stereocenters. The largest absolute Gasteiger partial charge is 0.481 e. The molecule has 1 fully saturated rings. The molecule has 1 saturated heterocycles. The molecular formula is C11H12ClNO4S. The van der Waals surface area contributed by atoms with E-state index in [2.05, 4.69) is 0 Å². The smallest absolute Gasteiger partial charge is 0.309 e. The first-order valence-electron chi connectivity index (χ1n) is 5.32. The Labute approximate surface area is 110 Å². The van der Waals surface area contributed by atoms with Gasteiger partial charge in [-0.1, -0.05) is 17.7 Å². The van der Waals surface area contributed by atoms with Crippen LogP contribution in [0.25, 0.3) is 0 Å². The predicted octanol–water partition coefficient (Wildman–Crippen LogP) is 1.35. The molecule has 0 spiro atoms. The van der Waals surface area contributed by atoms with Crippen molar-refractivity contribution in [2.24, 2.45) is 5.92 Å². The number of hydrogen-bond donors (Lipinski definition) is 1. The van der Waals surface area contributed by atoms with Gasteiger partial charge in [-0.25, -0.2) is 8.42 Å². The lowest BCUT2D eigenvalue weighted by Crippen LogP contribution is -2.52. The minimum Gasteiger partial charge on any atom is -0.481 e. The zero-order valence-corrected chi connectivity index (χ0v) is 11.2. The van der Waals surface area contributed by atoms with E-state index in [1.54, 1.807) is 19.1 Å². The Hall–Kier alpha value is -1.11. The van der Waals surface area contributed by atoms with Crippen molar-refractivity contribution < 1.29 is 18.3 Å². The molecule has 0 unspecified atom stereocenters. The third-order valence-electron chi connectivity index (χ3n) is 3.03. The number of carboxylic acids is 1. The normalized spacial score (nSPS) is 17.4. The molecule has 0 aromatic heterocycles. The number of nitrogens with zero attached hydrogens (tertiary/aromatic N) is 1. The van der Waals surface area contributed by atoms with Crippen LogP contribution in [0.4, 0.5) is 0 Å². The first kappa shape index (κ1) is 13.3. The molecule has 0 radical (unpaired) electrons. The maximum atomic E-state index is 12.2. The fourth-order valence-electron chi connectivity index (χ4n) is 1.80. The van der Waals surface area contributed by atoms with Gasteiger partial charge in [0, 0.05) is 18.1 Å². The van der Waals surface area contributed by atoms with E-state index in [9.17, 15) is 13.2 Å². The summed E-state index contributed by atoms with van der Waals surface area (Å²) >= 11 is 5.89. The Morgan fingerprint density at radius 3 is 2.61 bits per heavy atom. The predicted molar refractivity (Wildman–Crippen MR) is 66.1 cm³/mol. The Morgan fingerprint density at radius 2 is 2.06 bits per heavy atom. The molecule has 7 heteroatoms. The summed E-state index contributed by atoms with van der Waals surface area (Å²) in [7, 11) is -3.64. The quantitative estimate of drug-likeness (QED) is 0.911. The average molecular weight is 290 g/mol. The van der Waals surface area contributed by atoms with Crippen LogP contribution in [-0.4, -0.2) is 36.9 Å². The minimum atomic E-state index is -3.64. The molecule has 1 aromatic rings. The number of carbonyl (C=O) groups is 1. The molecule has 1 aromatic carbocycles. The van der Waals surface area contributed by atoms with Crippen molar-refractivity contribution in [1.29, 1.82) is 0 Å². The third-order valence-corrected chi connectivity index (χ3v) is 5.42. The lowest BCUT2D eigenvalue weighted by molar-refractivity contribution is -0.145. The highest BCUT2D eigenvalue weighted by Crippen LogP contribution is 2.29. The van der Waals surface area contributed by atoms with Crippen LogP contribution in [0.1, 0.15) is 5.56 Å². The number of rotatable bonds is 3. The first-order valence-corrected chi connectivity index (χ1v) is 7.14. The lowest BCUT2D eigenvalue weighted by Gasteiger charge is -2.35. The van der Waals surface area contributed by atoms with Crippen molar-refractivity contribution in [3.8, 4) is 0 Å². The van der Waals surface area contributed by atoms with Crippen molar-refractivity contribution in [3.63, 3.8) is 0 Å². The Balaban J connectivity index is 2.28. The second-order valence-electron chi connectivity index (χ2n) is 4.22. The zero-order chi connectivity index (χ0) is 13.5. The number of sulfonamides is 1. The number of halogens is 1. The van der Waals surface area contributed by atoms with E-state index < -0.39 is 21.9 Å². The summed E-state index contributed by atoms with van der Waals surface area (Å²) in [5.74, 6) is -1.58. The van der Waals surface area contributed by atoms with Crippen molar-refractivity contribution >= 4 is 27.6 Å². The fraction of sp³-hybridized carbons (Fsp3) is 0.364. The van der Waals surface area contributed by atoms with E-state index in [-0.39, 0.29) is 18.0 Å². The summed E-state index contributed by atoms with van der Waals surface area (Å²) in [5, 5.41) is 9.12. The number of benzene rings is 1. The van der Waals surface area contributed by atoms with Crippen molar-refractivity contribution in [2.75, 3.05) is 13.1 Å². The van der Waals surface area contributed by atoms with Crippen LogP contribution >= 0.6 is 11.6 Å². The number of carboxylic acid groups (broad SMARTS) is 1. The number of hydrogen-bond acceptors (Lipinski definition) is 3. The highest BCUT2D eigenvalue weighted by atomic mass is 35.5. The molecule has 0 amide bonds. The lowest BCUT2D eigenvalue weighted by atomic mass is 10.0. The maximum Gasteiger partial charge on any atom is 0.309 e. The van der Waals surface area contributed by atoms with Gasteiger partial charge in [-0.2, -0.15) is 4.31 Å². The molecule has 98 valence electrons. The van der Waals surface area contributed by atoms with E-state index in [1.807, 2.05) is 0 Å². The summed E-state index contributed by atoms with van der Waals surface area (Å²) < 4.78 is 25.6. The summed E-state index contributed by atoms with van der Waals surface area (Å²) in [6.07, 6.45) is 0. The molecular weight excluding hydrogens is 278 g/mol. The van der Waals surface area contributed by atoms with Crippen LogP contribution < -0.4 is 0 Å². The van der Waals surface area contributed by atoms with Gasteiger partial charge < -0.3 is 5.11 Å². The van der Waals surface area contributed by atoms with E-state index >= 15 is 0 Å². The van der Waals surface area contributed by atoms with Gasteiger partial charge >= 0.3 is 5.97 Å². The van der Waals surface area contributed by atoms with Crippen LogP contribution in [0.15, 0.2) is 23.1 Å². The molecule has 1 aliphatic heterocycles. The SMILES string of the molecule is Cc1c(Cl)cccc1S(=O)(=O)N1CC(C(=O)O)C1. The second kappa shape index (κ2) is 4.53. The van der Waals surface area contributed by atoms with E-state index in [4.69, 9.17) is 16.7 Å². The Bertz CT molecular complexity index is 593. The average Bonchev–Trinajstić information content (AvgIpc) is 2.18. The van der Waals surface area contributed by atoms with Crippen molar-refractivity contribution in [2.45, 2.75) is 11.8 Å². The highest BCUT2D eigenvalue weighted by Gasteiger charge is 2.41. The Kier molecular flexibility index (Phi) is 3.35. The standard InChI is InChI=1S/C11H12ClNO4S/c1-7-9(12)3-2-4-10(7)18(16,17)13-5-8(6-13)11(14)15/h2-4,8H,5-6H2,1H3,(H,14,15). The van der Waals surface area contributed by atoms with Gasteiger partial charge in [-0.15, -0.1) is 0 Å². The van der Waals surface area contributed by atoms with Crippen LogP contribution in [0.3, 0.4) is 0 Å². The summed E-state index contributed by atoms with van der Waals surface area (Å²) in [6.45, 7) is 1.66. The van der Waals surface area contributed by atoms with Crippen molar-refractivity contribution in [3.05, 3.63) is 28.8 Å². The molecule has 0 saturated carbocycles. The molecule has 2 rings (SSSR count). The van der Waals surface area contributed by atoms with E-state index in [0.29, 0.717) is 10.6 Å². The van der Waals surface area contributed by atoms with Gasteiger partial charge in [-0.05, 0) is 24.6 Å². The van der Waals surface area contributed by atoms with Crippen molar-refractivity contribution in [1.82, 2.24) is 4.31 Å². The minimum absolute atomic E-state index is 0.0175. The molecule has 1 heterocycles. The molecule has 18 heavy (non-hydrogen) atoms. The number of aliphatic carboxylic acids is 1. The van der Waals surface area contributed by atoms with Crippen LogP contribution in [0.5, 0.6) is 0 Å². The molecule has 5 nitrogen and oxygen atoms in total. The monoisotopic (exact) mass is 289 g/mol. The van der Waals surface area contributed by atoms with Gasteiger partial charge in [0.2, 0.25) is 10.0 Å². The van der Waals surface area contributed by atoms with Crippen LogP contribution in [0.2, 0.25) is 5.02 Å². The molecule has 1 N–H and O–H groups in total. The molecule has 0 aliphatic carbocycles. The van der Waals surface area contributed by atoms with Gasteiger partial charge in [0.25, 0.3) is 0 Å². The topological polar surface area (TPSA) is 74.7 Å². The molecule has 1 aliphatic rings. The first-order chi connectivity index (χ1) is 8.34. The highest BCUT2D eigenvalue weighted by molar-refractivity contribution is 7.89. The Morgan fingerprint density at radius 1 is 1.44 bits per heavy atom. The van der Waals surface area contributed by atoms with Gasteiger partial charge in [0.1, 0.15) is 0 Å². The summed E-state index contributed by atoms with van der Waals surface area (Å²) in [5.41, 5.74) is 0.484. The maximum absolute atomic E-state index is 12.2. The summed E-state index contributed by atoms with van der Waals surface area (Å²) in [4.78, 5) is 10.8. The van der Waals surface area contributed by atoms with Gasteiger partial charge in [0.15, 0.2) is 0 Å². The fourth-order valence-corrected chi connectivity index (χ4v) is 3.81. The van der Waals surface area contributed by atoms with Crippen LogP contribution in [0, 0.1) is 12.8 Å². The second-order valence-corrected chi connectivity index (χ2v) is 6.53. The van der Waals surface area contributed by atoms with Gasteiger partial charge in [0.05, 0.1) is 10.8 Å². The molecule has 0 bridgehead atoms.